The quantitative estimate of drug-likeness (QED) is 0.787. The van der Waals surface area contributed by atoms with E-state index in [-0.39, 0.29) is 0 Å². The van der Waals surface area contributed by atoms with Gasteiger partial charge in [0, 0.05) is 17.5 Å². The highest BCUT2D eigenvalue weighted by Gasteiger charge is 2.19. The van der Waals surface area contributed by atoms with E-state index in [2.05, 4.69) is 0 Å². The highest BCUT2D eigenvalue weighted by atomic mass is 16.5. The maximum atomic E-state index is 10.9. The SMILES string of the molecule is O=Cc1cc2c(c(OCc3ccccc3)c1)OCC2. The molecule has 0 unspecified atom stereocenters. The zero-order valence-electron chi connectivity index (χ0n) is 10.5. The Morgan fingerprint density at radius 2 is 2.05 bits per heavy atom. The number of ether oxygens (including phenoxy) is 2. The fraction of sp³-hybridized carbons (Fsp3) is 0.188. The van der Waals surface area contributed by atoms with Gasteiger partial charge < -0.3 is 9.47 Å². The van der Waals surface area contributed by atoms with Gasteiger partial charge in [-0.25, -0.2) is 0 Å². The van der Waals surface area contributed by atoms with E-state index in [0.29, 0.717) is 24.5 Å². The predicted molar refractivity (Wildman–Crippen MR) is 71.8 cm³/mol. The van der Waals surface area contributed by atoms with Crippen molar-refractivity contribution < 1.29 is 14.3 Å². The van der Waals surface area contributed by atoms with Crippen molar-refractivity contribution in [2.75, 3.05) is 6.61 Å². The summed E-state index contributed by atoms with van der Waals surface area (Å²) in [5, 5.41) is 0. The molecule has 0 fully saturated rings. The van der Waals surface area contributed by atoms with Crippen molar-refractivity contribution in [1.82, 2.24) is 0 Å². The summed E-state index contributed by atoms with van der Waals surface area (Å²) in [6.07, 6.45) is 1.67. The molecule has 3 rings (SSSR count). The molecule has 0 bridgehead atoms. The van der Waals surface area contributed by atoms with E-state index in [1.807, 2.05) is 36.4 Å². The van der Waals surface area contributed by atoms with Crippen LogP contribution < -0.4 is 9.47 Å². The molecule has 2 aromatic rings. The number of carbonyl (C=O) groups is 1. The van der Waals surface area contributed by atoms with Crippen LogP contribution >= 0.6 is 0 Å². The summed E-state index contributed by atoms with van der Waals surface area (Å²) in [5.41, 5.74) is 2.77. The van der Waals surface area contributed by atoms with Crippen LogP contribution in [0.3, 0.4) is 0 Å². The topological polar surface area (TPSA) is 35.5 Å². The van der Waals surface area contributed by atoms with Crippen LogP contribution in [0.2, 0.25) is 0 Å². The second-order valence-corrected chi connectivity index (χ2v) is 4.50. The lowest BCUT2D eigenvalue weighted by Gasteiger charge is -2.11. The first-order chi connectivity index (χ1) is 9.36. The summed E-state index contributed by atoms with van der Waals surface area (Å²) >= 11 is 0. The normalized spacial score (nSPS) is 12.6. The lowest BCUT2D eigenvalue weighted by molar-refractivity contribution is 0.112. The van der Waals surface area contributed by atoms with Gasteiger partial charge in [-0.05, 0) is 17.7 Å². The van der Waals surface area contributed by atoms with Gasteiger partial charge in [-0.1, -0.05) is 30.3 Å². The summed E-state index contributed by atoms with van der Waals surface area (Å²) < 4.78 is 11.4. The van der Waals surface area contributed by atoms with E-state index < -0.39 is 0 Å². The van der Waals surface area contributed by atoms with Crippen molar-refractivity contribution in [2.45, 2.75) is 13.0 Å². The average molecular weight is 254 g/mol. The minimum absolute atomic E-state index is 0.471. The monoisotopic (exact) mass is 254 g/mol. The number of benzene rings is 2. The lowest BCUT2D eigenvalue weighted by atomic mass is 10.1. The van der Waals surface area contributed by atoms with Gasteiger partial charge in [-0.15, -0.1) is 0 Å². The zero-order chi connectivity index (χ0) is 13.1. The minimum atomic E-state index is 0.471. The number of fused-ring (bicyclic) bond motifs is 1. The lowest BCUT2D eigenvalue weighted by Crippen LogP contribution is -1.98. The van der Waals surface area contributed by atoms with Crippen molar-refractivity contribution in [1.29, 1.82) is 0 Å². The summed E-state index contributed by atoms with van der Waals surface area (Å²) in [5.74, 6) is 1.43. The summed E-state index contributed by atoms with van der Waals surface area (Å²) in [6, 6.07) is 13.5. The van der Waals surface area contributed by atoms with Crippen molar-refractivity contribution in [3.63, 3.8) is 0 Å². The molecule has 1 heterocycles. The smallest absolute Gasteiger partial charge is 0.164 e. The first-order valence-electron chi connectivity index (χ1n) is 6.28. The van der Waals surface area contributed by atoms with Gasteiger partial charge in [0.1, 0.15) is 12.9 Å². The molecule has 0 aromatic heterocycles. The van der Waals surface area contributed by atoms with E-state index in [0.717, 1.165) is 29.6 Å². The largest absolute Gasteiger partial charge is 0.489 e. The van der Waals surface area contributed by atoms with E-state index >= 15 is 0 Å². The molecule has 2 aromatic carbocycles. The Labute approximate surface area is 111 Å². The molecule has 0 N–H and O–H groups in total. The van der Waals surface area contributed by atoms with Crippen LogP contribution in [0.4, 0.5) is 0 Å². The first kappa shape index (κ1) is 11.8. The molecule has 0 atom stereocenters. The second-order valence-electron chi connectivity index (χ2n) is 4.50. The highest BCUT2D eigenvalue weighted by Crippen LogP contribution is 2.37. The van der Waals surface area contributed by atoms with Crippen LogP contribution in [0.25, 0.3) is 0 Å². The molecule has 0 saturated heterocycles. The molecule has 3 nitrogen and oxygen atoms in total. The second kappa shape index (κ2) is 5.14. The summed E-state index contributed by atoms with van der Waals surface area (Å²) in [7, 11) is 0. The Morgan fingerprint density at radius 3 is 2.84 bits per heavy atom. The zero-order valence-corrected chi connectivity index (χ0v) is 10.5. The Morgan fingerprint density at radius 1 is 1.21 bits per heavy atom. The van der Waals surface area contributed by atoms with E-state index in [4.69, 9.17) is 9.47 Å². The Hall–Kier alpha value is -2.29. The number of carbonyl (C=O) groups excluding carboxylic acids is 1. The van der Waals surface area contributed by atoms with Gasteiger partial charge in [0.2, 0.25) is 0 Å². The minimum Gasteiger partial charge on any atom is -0.489 e. The fourth-order valence-electron chi connectivity index (χ4n) is 2.21. The van der Waals surface area contributed by atoms with Gasteiger partial charge in [-0.2, -0.15) is 0 Å². The van der Waals surface area contributed by atoms with Crippen LogP contribution in [0.5, 0.6) is 11.5 Å². The third-order valence-electron chi connectivity index (χ3n) is 3.15. The number of aldehydes is 1. The molecule has 1 aliphatic heterocycles. The maximum Gasteiger partial charge on any atom is 0.164 e. The molecule has 0 saturated carbocycles. The summed E-state index contributed by atoms with van der Waals surface area (Å²) in [6.45, 7) is 1.12. The molecule has 96 valence electrons. The van der Waals surface area contributed by atoms with Crippen molar-refractivity contribution >= 4 is 6.29 Å². The Balaban J connectivity index is 1.84. The predicted octanol–water partition coefficient (Wildman–Crippen LogP) is 3.01. The standard InChI is InChI=1S/C16H14O3/c17-10-13-8-14-6-7-18-16(14)15(9-13)19-11-12-4-2-1-3-5-12/h1-5,8-10H,6-7,11H2. The van der Waals surface area contributed by atoms with Gasteiger partial charge in [-0.3, -0.25) is 4.79 Å². The molecule has 19 heavy (non-hydrogen) atoms. The third kappa shape index (κ3) is 2.45. The Kier molecular flexibility index (Phi) is 3.19. The molecular formula is C16H14O3. The number of rotatable bonds is 4. The first-order valence-corrected chi connectivity index (χ1v) is 6.28. The fourth-order valence-corrected chi connectivity index (χ4v) is 2.21. The summed E-state index contributed by atoms with van der Waals surface area (Å²) in [4.78, 5) is 10.9. The van der Waals surface area contributed by atoms with Gasteiger partial charge >= 0.3 is 0 Å². The molecule has 0 radical (unpaired) electrons. The van der Waals surface area contributed by atoms with Crippen LogP contribution in [-0.4, -0.2) is 12.9 Å². The average Bonchev–Trinajstić information content (AvgIpc) is 2.94. The van der Waals surface area contributed by atoms with E-state index in [1.54, 1.807) is 6.07 Å². The van der Waals surface area contributed by atoms with Crippen molar-refractivity contribution in [3.8, 4) is 11.5 Å². The van der Waals surface area contributed by atoms with E-state index in [1.165, 1.54) is 0 Å². The third-order valence-corrected chi connectivity index (χ3v) is 3.15. The van der Waals surface area contributed by atoms with Crippen LogP contribution in [0.15, 0.2) is 42.5 Å². The van der Waals surface area contributed by atoms with Crippen LogP contribution in [0, 0.1) is 0 Å². The van der Waals surface area contributed by atoms with E-state index in [9.17, 15) is 4.79 Å². The van der Waals surface area contributed by atoms with Gasteiger partial charge in [0.05, 0.1) is 6.61 Å². The van der Waals surface area contributed by atoms with Gasteiger partial charge in [0.15, 0.2) is 11.5 Å². The molecule has 0 aliphatic carbocycles. The van der Waals surface area contributed by atoms with Crippen LogP contribution in [0.1, 0.15) is 21.5 Å². The molecule has 0 spiro atoms. The molecule has 1 aliphatic rings. The number of hydrogen-bond donors (Lipinski definition) is 0. The van der Waals surface area contributed by atoms with Gasteiger partial charge in [0.25, 0.3) is 0 Å². The highest BCUT2D eigenvalue weighted by molar-refractivity contribution is 5.77. The van der Waals surface area contributed by atoms with Crippen molar-refractivity contribution in [2.24, 2.45) is 0 Å². The van der Waals surface area contributed by atoms with Crippen molar-refractivity contribution in [3.05, 3.63) is 59.2 Å². The molecule has 3 heteroatoms. The maximum absolute atomic E-state index is 10.9. The molecular weight excluding hydrogens is 240 g/mol. The number of hydrogen-bond acceptors (Lipinski definition) is 3. The van der Waals surface area contributed by atoms with Crippen LogP contribution in [-0.2, 0) is 13.0 Å². The molecule has 0 amide bonds. The Bertz CT molecular complexity index is 590.